The van der Waals surface area contributed by atoms with Crippen LogP contribution >= 0.6 is 0 Å². The van der Waals surface area contributed by atoms with Gasteiger partial charge in [0.25, 0.3) is 0 Å². The molecule has 2 atom stereocenters. The van der Waals surface area contributed by atoms with E-state index in [4.69, 9.17) is 14.7 Å². The molecule has 1 aliphatic rings. The van der Waals surface area contributed by atoms with E-state index in [-0.39, 0.29) is 6.04 Å². The third-order valence-corrected chi connectivity index (χ3v) is 4.61. The SMILES string of the molecule is CCN(C)c1nc2cc(C(O)C(C)(C)O)ncc2nc1NC1CCOC1. The van der Waals surface area contributed by atoms with Gasteiger partial charge in [-0.15, -0.1) is 0 Å². The Hall–Kier alpha value is -2.03. The van der Waals surface area contributed by atoms with Crippen LogP contribution in [0.15, 0.2) is 12.3 Å². The topological polar surface area (TPSA) is 104 Å². The molecule has 0 saturated carbocycles. The number of ether oxygens (including phenoxy) is 1. The Morgan fingerprint density at radius 3 is 2.77 bits per heavy atom. The molecular formula is C18H27N5O3. The van der Waals surface area contributed by atoms with E-state index in [1.807, 2.05) is 18.9 Å². The minimum absolute atomic E-state index is 0.218. The highest BCUT2D eigenvalue weighted by molar-refractivity contribution is 5.80. The predicted octanol–water partition coefficient (Wildman–Crippen LogP) is 1.49. The minimum Gasteiger partial charge on any atom is -0.387 e. The number of aromatic nitrogens is 3. The third kappa shape index (κ3) is 3.87. The molecule has 8 heteroatoms. The number of nitrogens with one attached hydrogen (secondary N) is 1. The first kappa shape index (κ1) is 18.8. The van der Waals surface area contributed by atoms with E-state index in [1.165, 1.54) is 0 Å². The van der Waals surface area contributed by atoms with Crippen molar-refractivity contribution in [1.29, 1.82) is 0 Å². The first-order valence-electron chi connectivity index (χ1n) is 8.93. The van der Waals surface area contributed by atoms with Gasteiger partial charge in [0.1, 0.15) is 11.6 Å². The Morgan fingerprint density at radius 1 is 1.38 bits per heavy atom. The van der Waals surface area contributed by atoms with Crippen molar-refractivity contribution in [1.82, 2.24) is 15.0 Å². The van der Waals surface area contributed by atoms with Crippen molar-refractivity contribution >= 4 is 22.7 Å². The van der Waals surface area contributed by atoms with Crippen LogP contribution in [0.4, 0.5) is 11.6 Å². The van der Waals surface area contributed by atoms with Gasteiger partial charge in [0.2, 0.25) is 0 Å². The van der Waals surface area contributed by atoms with Gasteiger partial charge in [-0.1, -0.05) is 0 Å². The molecule has 3 rings (SSSR count). The van der Waals surface area contributed by atoms with Gasteiger partial charge in [-0.3, -0.25) is 4.98 Å². The van der Waals surface area contributed by atoms with Gasteiger partial charge in [0, 0.05) is 20.2 Å². The second-order valence-electron chi connectivity index (χ2n) is 7.27. The Bertz CT molecular complexity index is 771. The minimum atomic E-state index is -1.29. The van der Waals surface area contributed by atoms with Gasteiger partial charge >= 0.3 is 0 Å². The lowest BCUT2D eigenvalue weighted by molar-refractivity contribution is -0.0516. The molecule has 0 bridgehead atoms. The van der Waals surface area contributed by atoms with Crippen LogP contribution in [0.1, 0.15) is 39.0 Å². The van der Waals surface area contributed by atoms with Crippen molar-refractivity contribution in [2.24, 2.45) is 0 Å². The number of aliphatic hydroxyl groups excluding tert-OH is 1. The normalized spacial score (nSPS) is 18.9. The molecule has 0 amide bonds. The molecule has 0 aromatic carbocycles. The van der Waals surface area contributed by atoms with E-state index in [0.29, 0.717) is 29.2 Å². The van der Waals surface area contributed by atoms with E-state index in [0.717, 1.165) is 25.4 Å². The maximum Gasteiger partial charge on any atom is 0.172 e. The second kappa shape index (κ2) is 7.30. The molecule has 2 aromatic heterocycles. The van der Waals surface area contributed by atoms with Gasteiger partial charge in [-0.2, -0.15) is 0 Å². The Morgan fingerprint density at radius 2 is 2.15 bits per heavy atom. The number of fused-ring (bicyclic) bond motifs is 1. The highest BCUT2D eigenvalue weighted by atomic mass is 16.5. The summed E-state index contributed by atoms with van der Waals surface area (Å²) < 4.78 is 5.43. The van der Waals surface area contributed by atoms with Gasteiger partial charge in [-0.05, 0) is 33.3 Å². The molecule has 1 fully saturated rings. The first-order valence-corrected chi connectivity index (χ1v) is 8.93. The van der Waals surface area contributed by atoms with E-state index in [9.17, 15) is 10.2 Å². The van der Waals surface area contributed by atoms with Gasteiger partial charge in [0.15, 0.2) is 11.6 Å². The molecule has 0 aliphatic carbocycles. The van der Waals surface area contributed by atoms with Crippen LogP contribution in [-0.4, -0.2) is 63.6 Å². The fourth-order valence-electron chi connectivity index (χ4n) is 2.83. The summed E-state index contributed by atoms with van der Waals surface area (Å²) in [4.78, 5) is 15.7. The number of rotatable bonds is 6. The molecule has 8 nitrogen and oxygen atoms in total. The van der Waals surface area contributed by atoms with E-state index in [2.05, 4.69) is 10.3 Å². The van der Waals surface area contributed by atoms with Crippen LogP contribution in [0.5, 0.6) is 0 Å². The molecule has 3 N–H and O–H groups in total. The summed E-state index contributed by atoms with van der Waals surface area (Å²) in [5.74, 6) is 1.44. The fourth-order valence-corrected chi connectivity index (χ4v) is 2.83. The monoisotopic (exact) mass is 361 g/mol. The van der Waals surface area contributed by atoms with Crippen molar-refractivity contribution < 1.29 is 14.9 Å². The summed E-state index contributed by atoms with van der Waals surface area (Å²) >= 11 is 0. The van der Waals surface area contributed by atoms with Crippen LogP contribution < -0.4 is 10.2 Å². The largest absolute Gasteiger partial charge is 0.387 e. The maximum atomic E-state index is 10.3. The van der Waals surface area contributed by atoms with Crippen molar-refractivity contribution in [3.8, 4) is 0 Å². The van der Waals surface area contributed by atoms with E-state index >= 15 is 0 Å². The van der Waals surface area contributed by atoms with Crippen molar-refractivity contribution in [2.75, 3.05) is 37.0 Å². The van der Waals surface area contributed by atoms with E-state index < -0.39 is 11.7 Å². The van der Waals surface area contributed by atoms with Crippen LogP contribution in [-0.2, 0) is 4.74 Å². The lowest BCUT2D eigenvalue weighted by Gasteiger charge is -2.24. The molecule has 2 aromatic rings. The summed E-state index contributed by atoms with van der Waals surface area (Å²) in [6.45, 7) is 7.32. The van der Waals surface area contributed by atoms with Crippen molar-refractivity contribution in [2.45, 2.75) is 44.9 Å². The van der Waals surface area contributed by atoms with Gasteiger partial charge < -0.3 is 25.2 Å². The lowest BCUT2D eigenvalue weighted by Crippen LogP contribution is -2.29. The second-order valence-corrected chi connectivity index (χ2v) is 7.27. The quantitative estimate of drug-likeness (QED) is 0.711. The zero-order valence-corrected chi connectivity index (χ0v) is 15.7. The zero-order valence-electron chi connectivity index (χ0n) is 15.7. The molecule has 0 spiro atoms. The Kier molecular flexibility index (Phi) is 5.27. The predicted molar refractivity (Wildman–Crippen MR) is 100 cm³/mol. The fraction of sp³-hybridized carbons (Fsp3) is 0.611. The highest BCUT2D eigenvalue weighted by Gasteiger charge is 2.28. The van der Waals surface area contributed by atoms with Crippen LogP contribution in [0.2, 0.25) is 0 Å². The first-order chi connectivity index (χ1) is 12.3. The number of pyridine rings is 1. The molecule has 142 valence electrons. The average molecular weight is 361 g/mol. The smallest absolute Gasteiger partial charge is 0.172 e. The molecule has 26 heavy (non-hydrogen) atoms. The van der Waals surface area contributed by atoms with Crippen LogP contribution in [0.3, 0.4) is 0 Å². The third-order valence-electron chi connectivity index (χ3n) is 4.61. The molecule has 2 unspecified atom stereocenters. The van der Waals surface area contributed by atoms with E-state index in [1.54, 1.807) is 26.1 Å². The molecule has 1 aliphatic heterocycles. The molecule has 0 radical (unpaired) electrons. The number of aliphatic hydroxyl groups is 2. The van der Waals surface area contributed by atoms with Crippen molar-refractivity contribution in [3.05, 3.63) is 18.0 Å². The maximum absolute atomic E-state index is 10.3. The average Bonchev–Trinajstić information content (AvgIpc) is 3.11. The van der Waals surface area contributed by atoms with Crippen LogP contribution in [0, 0.1) is 0 Å². The summed E-state index contributed by atoms with van der Waals surface area (Å²) in [6, 6.07) is 1.90. The van der Waals surface area contributed by atoms with Gasteiger partial charge in [-0.25, -0.2) is 9.97 Å². The Labute approximate surface area is 153 Å². The highest BCUT2D eigenvalue weighted by Crippen LogP contribution is 2.29. The summed E-state index contributed by atoms with van der Waals surface area (Å²) in [7, 11) is 1.96. The molecular weight excluding hydrogens is 334 g/mol. The number of hydrogen-bond donors (Lipinski definition) is 3. The van der Waals surface area contributed by atoms with Crippen LogP contribution in [0.25, 0.3) is 11.0 Å². The standard InChI is InChI=1S/C18H27N5O3/c1-5-23(4)17-16(20-11-6-7-26-10-11)21-14-9-19-13(8-12(14)22-17)15(24)18(2,3)25/h8-9,11,15,24-25H,5-7,10H2,1-4H3,(H,20,21). The van der Waals surface area contributed by atoms with Crippen molar-refractivity contribution in [3.63, 3.8) is 0 Å². The summed E-state index contributed by atoms with van der Waals surface area (Å²) in [6.07, 6.45) is 1.41. The van der Waals surface area contributed by atoms with Gasteiger partial charge in [0.05, 0.1) is 35.7 Å². The summed E-state index contributed by atoms with van der Waals surface area (Å²) in [5, 5.41) is 23.7. The Balaban J connectivity index is 2.02. The summed E-state index contributed by atoms with van der Waals surface area (Å²) in [5.41, 5.74) is 0.337. The molecule has 1 saturated heterocycles. The lowest BCUT2D eigenvalue weighted by atomic mass is 9.98. The zero-order chi connectivity index (χ0) is 18.9. The number of anilines is 2. The number of hydrogen-bond acceptors (Lipinski definition) is 8. The molecule has 3 heterocycles. The number of nitrogens with zero attached hydrogens (tertiary/aromatic N) is 4.